The SMILES string of the molecule is CCC1(O)C(=O)OCc2c1cc1n(c2=O)Cc2cc3ccc(F)cc3nc2-1.Cl. The molecule has 0 saturated carbocycles. The smallest absolute Gasteiger partial charge is 0.343 e. The van der Waals surface area contributed by atoms with Gasteiger partial charge in [0.25, 0.3) is 5.56 Å². The van der Waals surface area contributed by atoms with Crippen LogP contribution in [-0.4, -0.2) is 20.6 Å². The molecule has 1 unspecified atom stereocenters. The number of carbonyl (C=O) groups excluding carboxylic acids is 1. The molecule has 4 heterocycles. The van der Waals surface area contributed by atoms with E-state index in [1.54, 1.807) is 23.6 Å². The highest BCUT2D eigenvalue weighted by Crippen LogP contribution is 2.38. The molecular weight excluding hydrogens is 387 g/mol. The van der Waals surface area contributed by atoms with Gasteiger partial charge in [0, 0.05) is 22.6 Å². The highest BCUT2D eigenvalue weighted by Gasteiger charge is 2.45. The van der Waals surface area contributed by atoms with Gasteiger partial charge >= 0.3 is 5.97 Å². The van der Waals surface area contributed by atoms with Gasteiger partial charge in [0.1, 0.15) is 12.4 Å². The number of aliphatic hydroxyl groups is 1. The van der Waals surface area contributed by atoms with E-state index >= 15 is 0 Å². The number of fused-ring (bicyclic) bond motifs is 5. The summed E-state index contributed by atoms with van der Waals surface area (Å²) in [5, 5.41) is 11.6. The van der Waals surface area contributed by atoms with Crippen LogP contribution in [0, 0.1) is 5.82 Å². The van der Waals surface area contributed by atoms with Gasteiger partial charge in [0.2, 0.25) is 0 Å². The fraction of sp³-hybridized carbons (Fsp3) is 0.250. The van der Waals surface area contributed by atoms with Gasteiger partial charge in [-0.1, -0.05) is 6.92 Å². The van der Waals surface area contributed by atoms with Crippen molar-refractivity contribution < 1.29 is 19.0 Å². The Morgan fingerprint density at radius 2 is 2.07 bits per heavy atom. The van der Waals surface area contributed by atoms with Crippen molar-refractivity contribution in [3.05, 3.63) is 63.2 Å². The van der Waals surface area contributed by atoms with Gasteiger partial charge in [-0.05, 0) is 30.7 Å². The minimum absolute atomic E-state index is 0. The average Bonchev–Trinajstić information content (AvgIpc) is 3.01. The molecule has 0 saturated heterocycles. The summed E-state index contributed by atoms with van der Waals surface area (Å²) in [5.74, 6) is -1.15. The number of aromatic nitrogens is 2. The van der Waals surface area contributed by atoms with Crippen LogP contribution in [0.5, 0.6) is 0 Å². The molecule has 2 aliphatic heterocycles. The molecule has 0 amide bonds. The molecule has 8 heteroatoms. The molecule has 6 nitrogen and oxygen atoms in total. The van der Waals surface area contributed by atoms with Gasteiger partial charge < -0.3 is 14.4 Å². The van der Waals surface area contributed by atoms with Gasteiger partial charge in [-0.25, -0.2) is 14.2 Å². The fourth-order valence-electron chi connectivity index (χ4n) is 3.95. The van der Waals surface area contributed by atoms with Crippen LogP contribution in [0.15, 0.2) is 35.1 Å². The first-order chi connectivity index (χ1) is 12.9. The fourth-order valence-corrected chi connectivity index (χ4v) is 3.95. The minimum atomic E-state index is -1.85. The summed E-state index contributed by atoms with van der Waals surface area (Å²) >= 11 is 0. The van der Waals surface area contributed by atoms with Gasteiger partial charge in [0.15, 0.2) is 5.60 Å². The zero-order valence-electron chi connectivity index (χ0n) is 14.9. The summed E-state index contributed by atoms with van der Waals surface area (Å²) < 4.78 is 20.2. The second-order valence-electron chi connectivity index (χ2n) is 6.94. The van der Waals surface area contributed by atoms with Crippen LogP contribution in [0.1, 0.15) is 30.0 Å². The molecule has 0 fully saturated rings. The van der Waals surface area contributed by atoms with Crippen molar-refractivity contribution >= 4 is 29.3 Å². The Morgan fingerprint density at radius 3 is 2.82 bits per heavy atom. The maximum Gasteiger partial charge on any atom is 0.343 e. The summed E-state index contributed by atoms with van der Waals surface area (Å²) in [4.78, 5) is 29.7. The Bertz CT molecular complexity index is 1220. The normalized spacial score (nSPS) is 19.5. The lowest BCUT2D eigenvalue weighted by atomic mass is 9.86. The molecule has 3 aromatic rings. The Kier molecular flexibility index (Phi) is 4.06. The van der Waals surface area contributed by atoms with Crippen LogP contribution < -0.4 is 5.56 Å². The average molecular weight is 403 g/mol. The number of ether oxygens (including phenoxy) is 1. The van der Waals surface area contributed by atoms with Crippen LogP contribution >= 0.6 is 12.4 Å². The highest BCUT2D eigenvalue weighted by molar-refractivity contribution is 5.86. The van der Waals surface area contributed by atoms with Crippen molar-refractivity contribution in [3.63, 3.8) is 0 Å². The molecule has 2 aliphatic rings. The summed E-state index contributed by atoms with van der Waals surface area (Å²) in [7, 11) is 0. The number of esters is 1. The van der Waals surface area contributed by atoms with Crippen molar-refractivity contribution in [2.24, 2.45) is 0 Å². The molecule has 0 bridgehead atoms. The number of hydrogen-bond acceptors (Lipinski definition) is 5. The predicted molar refractivity (Wildman–Crippen MR) is 102 cm³/mol. The number of cyclic esters (lactones) is 1. The number of nitrogens with zero attached hydrogens (tertiary/aromatic N) is 2. The molecular formula is C20H16ClFN2O4. The lowest BCUT2D eigenvalue weighted by Crippen LogP contribution is -2.44. The maximum atomic E-state index is 13.6. The number of carbonyl (C=O) groups is 1. The van der Waals surface area contributed by atoms with E-state index in [1.807, 2.05) is 6.07 Å². The summed E-state index contributed by atoms with van der Waals surface area (Å²) in [6, 6.07) is 7.89. The number of pyridine rings is 2. The van der Waals surface area contributed by atoms with Gasteiger partial charge in [0.05, 0.1) is 29.0 Å². The lowest BCUT2D eigenvalue weighted by Gasteiger charge is -2.31. The van der Waals surface area contributed by atoms with Crippen molar-refractivity contribution in [2.75, 3.05) is 0 Å². The first-order valence-corrected chi connectivity index (χ1v) is 8.68. The van der Waals surface area contributed by atoms with Crippen molar-refractivity contribution in [1.29, 1.82) is 0 Å². The number of hydrogen-bond donors (Lipinski definition) is 1. The molecule has 1 atom stereocenters. The van der Waals surface area contributed by atoms with Crippen LogP contribution in [0.25, 0.3) is 22.3 Å². The molecule has 1 aromatic carbocycles. The first-order valence-electron chi connectivity index (χ1n) is 8.68. The van der Waals surface area contributed by atoms with Crippen LogP contribution in [0.2, 0.25) is 0 Å². The maximum absolute atomic E-state index is 13.6. The largest absolute Gasteiger partial charge is 0.458 e. The standard InChI is InChI=1S/C20H15FN2O4.ClH/c1-2-20(26)14-7-16-17-11(5-10-3-4-12(21)6-15(10)22-17)8-23(16)18(24)13(14)9-27-19(20)25;/h3-7,26H,2,8-9H2,1H3;1H. The van der Waals surface area contributed by atoms with E-state index in [4.69, 9.17) is 4.74 Å². The molecule has 0 aliphatic carbocycles. The Morgan fingerprint density at radius 1 is 1.29 bits per heavy atom. The second-order valence-corrected chi connectivity index (χ2v) is 6.94. The predicted octanol–water partition coefficient (Wildman–Crippen LogP) is 2.64. The molecule has 1 N–H and O–H groups in total. The quantitative estimate of drug-likeness (QED) is 0.495. The van der Waals surface area contributed by atoms with Gasteiger partial charge in [-0.2, -0.15) is 0 Å². The summed E-state index contributed by atoms with van der Waals surface area (Å²) in [6.07, 6.45) is 0.0882. The van der Waals surface area contributed by atoms with Crippen LogP contribution in [0.3, 0.4) is 0 Å². The van der Waals surface area contributed by atoms with E-state index in [9.17, 15) is 19.1 Å². The number of benzene rings is 1. The van der Waals surface area contributed by atoms with Gasteiger partial charge in [-0.3, -0.25) is 4.79 Å². The molecule has 144 valence electrons. The third kappa shape index (κ3) is 2.33. The van der Waals surface area contributed by atoms with Crippen LogP contribution in [0.4, 0.5) is 4.39 Å². The van der Waals surface area contributed by atoms with Crippen molar-refractivity contribution in [1.82, 2.24) is 9.55 Å². The highest BCUT2D eigenvalue weighted by atomic mass is 35.5. The van der Waals surface area contributed by atoms with Crippen molar-refractivity contribution in [3.8, 4) is 11.4 Å². The van der Waals surface area contributed by atoms with E-state index in [-0.39, 0.29) is 47.9 Å². The van der Waals surface area contributed by atoms with Crippen molar-refractivity contribution in [2.45, 2.75) is 32.1 Å². The minimum Gasteiger partial charge on any atom is -0.458 e. The first kappa shape index (κ1) is 18.6. The molecule has 0 radical (unpaired) electrons. The number of halogens is 2. The third-order valence-electron chi connectivity index (χ3n) is 5.47. The monoisotopic (exact) mass is 402 g/mol. The zero-order chi connectivity index (χ0) is 18.9. The van der Waals surface area contributed by atoms with Crippen LogP contribution in [-0.2, 0) is 28.3 Å². The zero-order valence-corrected chi connectivity index (χ0v) is 15.7. The molecule has 0 spiro atoms. The lowest BCUT2D eigenvalue weighted by molar-refractivity contribution is -0.172. The summed E-state index contributed by atoms with van der Waals surface area (Å²) in [5.41, 5.74) is 0.784. The molecule has 2 aromatic heterocycles. The Balaban J connectivity index is 0.00000192. The van der Waals surface area contributed by atoms with Gasteiger partial charge in [-0.15, -0.1) is 12.4 Å². The molecule has 28 heavy (non-hydrogen) atoms. The topological polar surface area (TPSA) is 81.4 Å². The molecule has 5 rings (SSSR count). The Hall–Kier alpha value is -2.77. The number of rotatable bonds is 1. The second kappa shape index (κ2) is 6.12. The Labute approximate surface area is 165 Å². The van der Waals surface area contributed by atoms with E-state index in [2.05, 4.69) is 4.98 Å². The van der Waals surface area contributed by atoms with E-state index in [0.29, 0.717) is 23.4 Å². The van der Waals surface area contributed by atoms with E-state index in [0.717, 1.165) is 10.9 Å². The van der Waals surface area contributed by atoms with E-state index in [1.165, 1.54) is 12.1 Å². The van der Waals surface area contributed by atoms with E-state index < -0.39 is 11.6 Å². The third-order valence-corrected chi connectivity index (χ3v) is 5.47. The summed E-state index contributed by atoms with van der Waals surface area (Å²) in [6.45, 7) is 1.83.